The average molecular weight is 225 g/mol. The Morgan fingerprint density at radius 1 is 1.44 bits per heavy atom. The molecule has 0 spiro atoms. The highest BCUT2D eigenvalue weighted by atomic mass is 16.5. The van der Waals surface area contributed by atoms with E-state index in [9.17, 15) is 5.11 Å². The maximum atomic E-state index is 9.20. The first-order valence-corrected chi connectivity index (χ1v) is 5.34. The van der Waals surface area contributed by atoms with Gasteiger partial charge in [0.2, 0.25) is 11.8 Å². The van der Waals surface area contributed by atoms with Crippen molar-refractivity contribution < 1.29 is 9.84 Å². The first kappa shape index (κ1) is 12.7. The average Bonchev–Trinajstić information content (AvgIpc) is 2.24. The summed E-state index contributed by atoms with van der Waals surface area (Å²) >= 11 is 0. The fourth-order valence-corrected chi connectivity index (χ4v) is 1.30. The Balaban J connectivity index is 2.83. The van der Waals surface area contributed by atoms with Crippen LogP contribution in [-0.2, 0) is 0 Å². The van der Waals surface area contributed by atoms with Gasteiger partial charge in [-0.15, -0.1) is 0 Å². The monoisotopic (exact) mass is 225 g/mol. The first-order chi connectivity index (χ1) is 7.56. The van der Waals surface area contributed by atoms with Crippen LogP contribution in [0.3, 0.4) is 0 Å². The van der Waals surface area contributed by atoms with E-state index in [4.69, 9.17) is 4.74 Å². The Labute approximate surface area is 95.9 Å². The van der Waals surface area contributed by atoms with Crippen molar-refractivity contribution >= 4 is 5.95 Å². The molecule has 1 atom stereocenters. The molecule has 0 saturated heterocycles. The van der Waals surface area contributed by atoms with Gasteiger partial charge < -0.3 is 15.2 Å². The lowest BCUT2D eigenvalue weighted by Crippen LogP contribution is -2.30. The van der Waals surface area contributed by atoms with Crippen LogP contribution in [0.2, 0.25) is 0 Å². The summed E-state index contributed by atoms with van der Waals surface area (Å²) in [5.41, 5.74) is 0.829. The number of hydrogen-bond acceptors (Lipinski definition) is 5. The summed E-state index contributed by atoms with van der Waals surface area (Å²) in [4.78, 5) is 8.41. The summed E-state index contributed by atoms with van der Waals surface area (Å²) in [6.45, 7) is 5.98. The predicted molar refractivity (Wildman–Crippen MR) is 62.7 cm³/mol. The Morgan fingerprint density at radius 3 is 2.62 bits per heavy atom. The minimum atomic E-state index is -0.0495. The lowest BCUT2D eigenvalue weighted by Gasteiger charge is -2.20. The molecule has 1 heterocycles. The zero-order chi connectivity index (χ0) is 12.1. The van der Waals surface area contributed by atoms with Crippen molar-refractivity contribution in [3.63, 3.8) is 0 Å². The van der Waals surface area contributed by atoms with E-state index in [1.807, 2.05) is 20.8 Å². The molecule has 0 bridgehead atoms. The number of rotatable bonds is 5. The number of aliphatic hydroxyl groups excluding tert-OH is 1. The third-order valence-electron chi connectivity index (χ3n) is 2.36. The molecule has 1 aromatic heterocycles. The summed E-state index contributed by atoms with van der Waals surface area (Å²) in [6.07, 6.45) is 0. The number of aliphatic hydroxyl groups is 1. The second kappa shape index (κ2) is 5.65. The predicted octanol–water partition coefficient (Wildman–Crippen LogP) is 1.22. The van der Waals surface area contributed by atoms with Crippen LogP contribution in [0.4, 0.5) is 5.95 Å². The van der Waals surface area contributed by atoms with E-state index >= 15 is 0 Å². The Bertz CT molecular complexity index is 342. The number of nitrogens with zero attached hydrogens (tertiary/aromatic N) is 2. The van der Waals surface area contributed by atoms with Gasteiger partial charge in [0, 0.05) is 11.8 Å². The second-order valence-electron chi connectivity index (χ2n) is 4.05. The molecule has 1 aromatic rings. The lowest BCUT2D eigenvalue weighted by molar-refractivity contribution is 0.248. The molecular weight excluding hydrogens is 206 g/mol. The molecule has 0 saturated carbocycles. The number of hydrogen-bond donors (Lipinski definition) is 2. The maximum absolute atomic E-state index is 9.20. The number of methoxy groups -OCH3 is 1. The largest absolute Gasteiger partial charge is 0.481 e. The highest BCUT2D eigenvalue weighted by molar-refractivity contribution is 5.31. The number of aryl methyl sites for hydroxylation is 1. The van der Waals surface area contributed by atoms with Crippen molar-refractivity contribution in [3.05, 3.63) is 11.8 Å². The van der Waals surface area contributed by atoms with Crippen LogP contribution in [0.25, 0.3) is 0 Å². The van der Waals surface area contributed by atoms with Crippen LogP contribution in [-0.4, -0.2) is 34.8 Å². The van der Waals surface area contributed by atoms with Gasteiger partial charge in [0.1, 0.15) is 0 Å². The standard InChI is InChI=1S/C11H19N3O2/c1-7(2)9(6-15)13-11-12-8(3)5-10(14-11)16-4/h5,7,9,15H,6H2,1-4H3,(H,12,13,14). The molecule has 0 amide bonds. The van der Waals surface area contributed by atoms with Crippen molar-refractivity contribution in [1.82, 2.24) is 9.97 Å². The minimum absolute atomic E-state index is 0.0495. The van der Waals surface area contributed by atoms with Gasteiger partial charge in [0.05, 0.1) is 19.8 Å². The van der Waals surface area contributed by atoms with E-state index in [1.54, 1.807) is 13.2 Å². The normalized spacial score (nSPS) is 12.6. The van der Waals surface area contributed by atoms with E-state index in [1.165, 1.54) is 0 Å². The molecule has 1 unspecified atom stereocenters. The summed E-state index contributed by atoms with van der Waals surface area (Å²) < 4.78 is 5.06. The van der Waals surface area contributed by atoms with Gasteiger partial charge in [-0.2, -0.15) is 4.98 Å². The minimum Gasteiger partial charge on any atom is -0.481 e. The number of aromatic nitrogens is 2. The van der Waals surface area contributed by atoms with Crippen molar-refractivity contribution in [1.29, 1.82) is 0 Å². The summed E-state index contributed by atoms with van der Waals surface area (Å²) in [5, 5.41) is 12.3. The molecule has 90 valence electrons. The van der Waals surface area contributed by atoms with Gasteiger partial charge in [0.25, 0.3) is 0 Å². The van der Waals surface area contributed by atoms with Crippen molar-refractivity contribution in [2.24, 2.45) is 5.92 Å². The molecule has 1 rings (SSSR count). The summed E-state index contributed by atoms with van der Waals surface area (Å²) in [5.74, 6) is 1.32. The molecule has 0 aliphatic heterocycles. The number of ether oxygens (including phenoxy) is 1. The van der Waals surface area contributed by atoms with Crippen molar-refractivity contribution in [2.45, 2.75) is 26.8 Å². The Morgan fingerprint density at radius 2 is 2.12 bits per heavy atom. The molecule has 0 aliphatic rings. The van der Waals surface area contributed by atoms with Gasteiger partial charge in [-0.1, -0.05) is 13.8 Å². The van der Waals surface area contributed by atoms with Gasteiger partial charge >= 0.3 is 0 Å². The van der Waals surface area contributed by atoms with Crippen LogP contribution >= 0.6 is 0 Å². The van der Waals surface area contributed by atoms with Gasteiger partial charge in [-0.05, 0) is 12.8 Å². The van der Waals surface area contributed by atoms with Gasteiger partial charge in [0.15, 0.2) is 0 Å². The molecule has 2 N–H and O–H groups in total. The van der Waals surface area contributed by atoms with Gasteiger partial charge in [-0.3, -0.25) is 0 Å². The summed E-state index contributed by atoms with van der Waals surface area (Å²) in [6, 6.07) is 1.71. The first-order valence-electron chi connectivity index (χ1n) is 5.34. The molecule has 0 radical (unpaired) electrons. The second-order valence-corrected chi connectivity index (χ2v) is 4.05. The molecule has 0 aromatic carbocycles. The van der Waals surface area contributed by atoms with E-state index in [-0.39, 0.29) is 12.6 Å². The van der Waals surface area contributed by atoms with E-state index in [0.717, 1.165) is 5.69 Å². The number of nitrogens with one attached hydrogen (secondary N) is 1. The van der Waals surface area contributed by atoms with Crippen LogP contribution in [0.1, 0.15) is 19.5 Å². The van der Waals surface area contributed by atoms with Crippen molar-refractivity contribution in [2.75, 3.05) is 19.0 Å². The smallest absolute Gasteiger partial charge is 0.226 e. The van der Waals surface area contributed by atoms with Gasteiger partial charge in [-0.25, -0.2) is 4.98 Å². The van der Waals surface area contributed by atoms with Crippen LogP contribution in [0, 0.1) is 12.8 Å². The highest BCUT2D eigenvalue weighted by Gasteiger charge is 2.13. The van der Waals surface area contributed by atoms with Crippen LogP contribution < -0.4 is 10.1 Å². The van der Waals surface area contributed by atoms with E-state index in [0.29, 0.717) is 17.7 Å². The fourth-order valence-electron chi connectivity index (χ4n) is 1.30. The van der Waals surface area contributed by atoms with Crippen molar-refractivity contribution in [3.8, 4) is 5.88 Å². The zero-order valence-corrected chi connectivity index (χ0v) is 10.2. The highest BCUT2D eigenvalue weighted by Crippen LogP contribution is 2.13. The lowest BCUT2D eigenvalue weighted by atomic mass is 10.1. The van der Waals surface area contributed by atoms with E-state index in [2.05, 4.69) is 15.3 Å². The zero-order valence-electron chi connectivity index (χ0n) is 10.2. The van der Waals surface area contributed by atoms with Crippen LogP contribution in [0.5, 0.6) is 5.88 Å². The molecule has 0 fully saturated rings. The Hall–Kier alpha value is -1.36. The maximum Gasteiger partial charge on any atom is 0.226 e. The fraction of sp³-hybridized carbons (Fsp3) is 0.636. The molecule has 5 nitrogen and oxygen atoms in total. The SMILES string of the molecule is COc1cc(C)nc(NC(CO)C(C)C)n1. The topological polar surface area (TPSA) is 67.3 Å². The molecule has 16 heavy (non-hydrogen) atoms. The third kappa shape index (κ3) is 3.34. The Kier molecular flexibility index (Phi) is 4.49. The quantitative estimate of drug-likeness (QED) is 0.788. The summed E-state index contributed by atoms with van der Waals surface area (Å²) in [7, 11) is 1.57. The van der Waals surface area contributed by atoms with E-state index < -0.39 is 0 Å². The number of anilines is 1. The molecular formula is C11H19N3O2. The molecule has 5 heteroatoms. The van der Waals surface area contributed by atoms with Crippen LogP contribution in [0.15, 0.2) is 6.07 Å². The molecule has 0 aliphatic carbocycles. The third-order valence-corrected chi connectivity index (χ3v) is 2.36.